The highest BCUT2D eigenvalue weighted by molar-refractivity contribution is 7.90. The Kier molecular flexibility index (Phi) is 4.94. The molecule has 0 spiro atoms. The molecular formula is C26H23N3O2S. The third-order valence-electron chi connectivity index (χ3n) is 5.65. The van der Waals surface area contributed by atoms with Crippen molar-refractivity contribution in [2.75, 3.05) is 19.0 Å². The predicted octanol–water partition coefficient (Wildman–Crippen LogP) is 5.08. The third kappa shape index (κ3) is 3.33. The Morgan fingerprint density at radius 2 is 1.44 bits per heavy atom. The van der Waals surface area contributed by atoms with Crippen molar-refractivity contribution in [1.82, 2.24) is 8.96 Å². The topological polar surface area (TPSA) is 55.2 Å². The van der Waals surface area contributed by atoms with Crippen molar-refractivity contribution < 1.29 is 8.42 Å². The van der Waals surface area contributed by atoms with Crippen molar-refractivity contribution in [2.24, 2.45) is 0 Å². The minimum absolute atomic E-state index is 0.274. The largest absolute Gasteiger partial charge is 0.377 e. The summed E-state index contributed by atoms with van der Waals surface area (Å²) in [6.45, 7) is 0. The van der Waals surface area contributed by atoms with E-state index in [1.54, 1.807) is 6.07 Å². The molecule has 0 amide bonds. The van der Waals surface area contributed by atoms with Gasteiger partial charge in [0.15, 0.2) is 0 Å². The average Bonchev–Trinajstić information content (AvgIpc) is 3.17. The molecule has 5 nitrogen and oxygen atoms in total. The molecule has 0 aliphatic rings. The fourth-order valence-corrected chi connectivity index (χ4v) is 5.87. The Labute approximate surface area is 187 Å². The van der Waals surface area contributed by atoms with Gasteiger partial charge < -0.3 is 4.90 Å². The Bertz CT molecular complexity index is 1540. The number of fused-ring (bicyclic) bond motifs is 2. The van der Waals surface area contributed by atoms with Crippen LogP contribution in [-0.2, 0) is 16.4 Å². The quantitative estimate of drug-likeness (QED) is 0.382. The molecule has 0 saturated heterocycles. The van der Waals surface area contributed by atoms with Crippen LogP contribution in [0.5, 0.6) is 0 Å². The highest BCUT2D eigenvalue weighted by Gasteiger charge is 2.26. The Morgan fingerprint density at radius 3 is 2.19 bits per heavy atom. The molecule has 0 aliphatic heterocycles. The van der Waals surface area contributed by atoms with Gasteiger partial charge in [0.2, 0.25) is 0 Å². The van der Waals surface area contributed by atoms with E-state index >= 15 is 0 Å². The van der Waals surface area contributed by atoms with Gasteiger partial charge in [0.1, 0.15) is 5.82 Å². The highest BCUT2D eigenvalue weighted by atomic mass is 32.2. The van der Waals surface area contributed by atoms with Crippen molar-refractivity contribution in [3.05, 3.63) is 102 Å². The Morgan fingerprint density at radius 1 is 0.781 bits per heavy atom. The summed E-state index contributed by atoms with van der Waals surface area (Å²) in [5.74, 6) is 0.498. The summed E-state index contributed by atoms with van der Waals surface area (Å²) in [5.41, 5.74) is 3.22. The summed E-state index contributed by atoms with van der Waals surface area (Å²) < 4.78 is 29.7. The first-order valence-corrected chi connectivity index (χ1v) is 11.9. The predicted molar refractivity (Wildman–Crippen MR) is 130 cm³/mol. The van der Waals surface area contributed by atoms with E-state index in [2.05, 4.69) is 0 Å². The number of hydrogen-bond donors (Lipinski definition) is 0. The lowest BCUT2D eigenvalue weighted by atomic mass is 10.1. The summed E-state index contributed by atoms with van der Waals surface area (Å²) in [4.78, 5) is 6.97. The van der Waals surface area contributed by atoms with E-state index in [1.807, 2.05) is 104 Å². The number of benzene rings is 4. The molecule has 0 radical (unpaired) electrons. The minimum atomic E-state index is -3.91. The van der Waals surface area contributed by atoms with Crippen LogP contribution in [0.4, 0.5) is 5.69 Å². The maximum Gasteiger partial charge on any atom is 0.270 e. The zero-order chi connectivity index (χ0) is 22.3. The normalized spacial score (nSPS) is 11.8. The minimum Gasteiger partial charge on any atom is -0.377 e. The van der Waals surface area contributed by atoms with Gasteiger partial charge in [-0.15, -0.1) is 0 Å². The highest BCUT2D eigenvalue weighted by Crippen LogP contribution is 2.33. The molecule has 32 heavy (non-hydrogen) atoms. The van der Waals surface area contributed by atoms with Gasteiger partial charge in [0.05, 0.1) is 15.9 Å². The standard InChI is InChI=1S/C26H23N3O2S/c1-28(2)23-16-17-25(21-13-7-6-12-20(21)23)32(30,31)29-24-15-9-8-14-22(24)27-26(29)18-19-10-4-3-5-11-19/h3-17H,18H2,1-2H3. The van der Waals surface area contributed by atoms with Gasteiger partial charge in [0.25, 0.3) is 10.0 Å². The lowest BCUT2D eigenvalue weighted by Gasteiger charge is -2.18. The molecule has 0 fully saturated rings. The van der Waals surface area contributed by atoms with Crippen LogP contribution in [0.2, 0.25) is 0 Å². The summed E-state index contributed by atoms with van der Waals surface area (Å²) in [7, 11) is 0.00488. The van der Waals surface area contributed by atoms with Crippen LogP contribution in [0, 0.1) is 0 Å². The molecule has 0 atom stereocenters. The number of hydrogen-bond acceptors (Lipinski definition) is 4. The van der Waals surface area contributed by atoms with E-state index in [0.29, 0.717) is 28.7 Å². The molecule has 5 aromatic rings. The molecule has 6 heteroatoms. The second-order valence-corrected chi connectivity index (χ2v) is 9.73. The van der Waals surface area contributed by atoms with Gasteiger partial charge in [-0.2, -0.15) is 0 Å². The summed E-state index contributed by atoms with van der Waals surface area (Å²) in [5, 5.41) is 1.59. The van der Waals surface area contributed by atoms with Gasteiger partial charge in [-0.05, 0) is 29.8 Å². The smallest absolute Gasteiger partial charge is 0.270 e. The van der Waals surface area contributed by atoms with Gasteiger partial charge in [-0.3, -0.25) is 0 Å². The number of aromatic nitrogens is 2. The zero-order valence-electron chi connectivity index (χ0n) is 17.9. The fourth-order valence-electron chi connectivity index (χ4n) is 4.18. The molecule has 5 rings (SSSR count). The van der Waals surface area contributed by atoms with E-state index < -0.39 is 10.0 Å². The van der Waals surface area contributed by atoms with Gasteiger partial charge in [-0.1, -0.05) is 66.7 Å². The van der Waals surface area contributed by atoms with Crippen LogP contribution in [-0.4, -0.2) is 31.5 Å². The van der Waals surface area contributed by atoms with Crippen LogP contribution in [0.25, 0.3) is 21.8 Å². The van der Waals surface area contributed by atoms with Crippen molar-refractivity contribution >= 4 is 37.5 Å². The van der Waals surface area contributed by atoms with E-state index in [0.717, 1.165) is 16.6 Å². The number of nitrogens with zero attached hydrogens (tertiary/aromatic N) is 3. The van der Waals surface area contributed by atoms with Crippen LogP contribution < -0.4 is 4.90 Å². The molecule has 0 N–H and O–H groups in total. The number of imidazole rings is 1. The van der Waals surface area contributed by atoms with Crippen LogP contribution in [0.1, 0.15) is 11.4 Å². The summed E-state index contributed by atoms with van der Waals surface area (Å²) in [6, 6.07) is 28.4. The first-order valence-electron chi connectivity index (χ1n) is 10.4. The van der Waals surface area contributed by atoms with Crippen LogP contribution >= 0.6 is 0 Å². The first kappa shape index (κ1) is 20.3. The van der Waals surface area contributed by atoms with E-state index in [4.69, 9.17) is 4.98 Å². The monoisotopic (exact) mass is 441 g/mol. The van der Waals surface area contributed by atoms with Gasteiger partial charge in [-0.25, -0.2) is 17.4 Å². The molecule has 0 saturated carbocycles. The summed E-state index contributed by atoms with van der Waals surface area (Å²) >= 11 is 0. The number of rotatable bonds is 5. The van der Waals surface area contributed by atoms with E-state index in [-0.39, 0.29) is 4.90 Å². The summed E-state index contributed by atoms with van der Waals surface area (Å²) in [6.07, 6.45) is 0.419. The van der Waals surface area contributed by atoms with Crippen molar-refractivity contribution in [3.8, 4) is 0 Å². The fraction of sp³-hybridized carbons (Fsp3) is 0.115. The molecule has 160 valence electrons. The van der Waals surface area contributed by atoms with Crippen molar-refractivity contribution in [1.29, 1.82) is 0 Å². The van der Waals surface area contributed by atoms with E-state index in [1.165, 1.54) is 3.97 Å². The lowest BCUT2D eigenvalue weighted by Crippen LogP contribution is -2.17. The van der Waals surface area contributed by atoms with Crippen LogP contribution in [0.15, 0.2) is 95.9 Å². The van der Waals surface area contributed by atoms with Crippen molar-refractivity contribution in [2.45, 2.75) is 11.3 Å². The zero-order valence-corrected chi connectivity index (χ0v) is 18.8. The first-order chi connectivity index (χ1) is 15.5. The second kappa shape index (κ2) is 7.80. The molecule has 0 aliphatic carbocycles. The third-order valence-corrected chi connectivity index (χ3v) is 7.45. The number of anilines is 1. The molecule has 4 aromatic carbocycles. The lowest BCUT2D eigenvalue weighted by molar-refractivity contribution is 0.587. The molecule has 1 heterocycles. The molecule has 0 bridgehead atoms. The SMILES string of the molecule is CN(C)c1ccc(S(=O)(=O)n2c(Cc3ccccc3)nc3ccccc32)c2ccccc12. The second-order valence-electron chi connectivity index (χ2n) is 7.97. The van der Waals surface area contributed by atoms with Crippen molar-refractivity contribution in [3.63, 3.8) is 0 Å². The van der Waals surface area contributed by atoms with Crippen LogP contribution in [0.3, 0.4) is 0 Å². The van der Waals surface area contributed by atoms with Gasteiger partial charge >= 0.3 is 0 Å². The maximum absolute atomic E-state index is 14.1. The Balaban J connectivity index is 1.77. The maximum atomic E-state index is 14.1. The molecule has 1 aromatic heterocycles. The average molecular weight is 442 g/mol. The van der Waals surface area contributed by atoms with E-state index in [9.17, 15) is 8.42 Å². The van der Waals surface area contributed by atoms with Gasteiger partial charge in [0, 0.05) is 37.0 Å². The Hall–Kier alpha value is -3.64. The molecule has 0 unspecified atom stereocenters. The molecular weight excluding hydrogens is 418 g/mol. The number of para-hydroxylation sites is 2.